The topological polar surface area (TPSA) is 57.2 Å². The zero-order chi connectivity index (χ0) is 10.1. The van der Waals surface area contributed by atoms with E-state index in [4.69, 9.17) is 0 Å². The van der Waals surface area contributed by atoms with E-state index in [-0.39, 0.29) is 5.78 Å². The molecule has 0 radical (unpaired) electrons. The standard InChI is InChI=1S/C10H14O3/c1-7(9(12)13)10(2)5-3-8(11)4-6-10/h3,5,7H,4,6H2,1-2H3,(H,12,13)/p-1. The Morgan fingerprint density at radius 1 is 1.69 bits per heavy atom. The van der Waals surface area contributed by atoms with Crippen LogP contribution >= 0.6 is 0 Å². The highest BCUT2D eigenvalue weighted by Crippen LogP contribution is 2.36. The summed E-state index contributed by atoms with van der Waals surface area (Å²) in [4.78, 5) is 21.5. The van der Waals surface area contributed by atoms with Gasteiger partial charge in [-0.05, 0) is 17.9 Å². The van der Waals surface area contributed by atoms with E-state index in [0.717, 1.165) is 0 Å². The Hall–Kier alpha value is -1.12. The van der Waals surface area contributed by atoms with Crippen LogP contribution in [0.3, 0.4) is 0 Å². The summed E-state index contributed by atoms with van der Waals surface area (Å²) in [6.07, 6.45) is 4.20. The second-order valence-corrected chi connectivity index (χ2v) is 3.85. The highest BCUT2D eigenvalue weighted by Gasteiger charge is 2.32. The van der Waals surface area contributed by atoms with Gasteiger partial charge >= 0.3 is 0 Å². The van der Waals surface area contributed by atoms with Crippen LogP contribution in [0.25, 0.3) is 0 Å². The van der Waals surface area contributed by atoms with Gasteiger partial charge in [-0.2, -0.15) is 0 Å². The van der Waals surface area contributed by atoms with Crippen molar-refractivity contribution in [2.75, 3.05) is 0 Å². The normalized spacial score (nSPS) is 30.2. The smallest absolute Gasteiger partial charge is 0.155 e. The largest absolute Gasteiger partial charge is 0.550 e. The number of carbonyl (C=O) groups is 2. The van der Waals surface area contributed by atoms with Gasteiger partial charge in [-0.25, -0.2) is 0 Å². The van der Waals surface area contributed by atoms with Crippen LogP contribution < -0.4 is 5.11 Å². The van der Waals surface area contributed by atoms with Crippen LogP contribution in [-0.4, -0.2) is 11.8 Å². The predicted molar refractivity (Wildman–Crippen MR) is 45.7 cm³/mol. The average Bonchev–Trinajstić information content (AvgIpc) is 2.09. The fourth-order valence-corrected chi connectivity index (χ4v) is 1.47. The maximum absolute atomic E-state index is 10.9. The number of carboxylic acids is 1. The molecule has 72 valence electrons. The SMILES string of the molecule is CC(C(=O)[O-])C1(C)C=CC(=O)CC1. The van der Waals surface area contributed by atoms with Gasteiger partial charge in [0, 0.05) is 18.3 Å². The first-order valence-corrected chi connectivity index (χ1v) is 4.38. The molecule has 3 heteroatoms. The molecule has 0 bridgehead atoms. The van der Waals surface area contributed by atoms with Gasteiger partial charge in [-0.1, -0.05) is 19.9 Å². The van der Waals surface area contributed by atoms with Gasteiger partial charge in [0.2, 0.25) is 0 Å². The van der Waals surface area contributed by atoms with E-state index in [2.05, 4.69) is 0 Å². The summed E-state index contributed by atoms with van der Waals surface area (Å²) in [5.41, 5.74) is -0.424. The zero-order valence-corrected chi connectivity index (χ0v) is 7.87. The van der Waals surface area contributed by atoms with Crippen LogP contribution in [0, 0.1) is 11.3 Å². The van der Waals surface area contributed by atoms with Crippen molar-refractivity contribution in [3.63, 3.8) is 0 Å². The minimum absolute atomic E-state index is 0.0722. The number of aliphatic carboxylic acids is 1. The molecule has 1 aliphatic carbocycles. The van der Waals surface area contributed by atoms with Crippen molar-refractivity contribution in [2.45, 2.75) is 26.7 Å². The summed E-state index contributed by atoms with van der Waals surface area (Å²) >= 11 is 0. The van der Waals surface area contributed by atoms with Crippen molar-refractivity contribution >= 4 is 11.8 Å². The van der Waals surface area contributed by atoms with E-state index in [0.29, 0.717) is 12.8 Å². The van der Waals surface area contributed by atoms with E-state index < -0.39 is 17.3 Å². The molecule has 13 heavy (non-hydrogen) atoms. The lowest BCUT2D eigenvalue weighted by Crippen LogP contribution is -2.40. The van der Waals surface area contributed by atoms with Gasteiger partial charge in [0.25, 0.3) is 0 Å². The lowest BCUT2D eigenvalue weighted by Gasteiger charge is -2.35. The quantitative estimate of drug-likeness (QED) is 0.615. The lowest BCUT2D eigenvalue weighted by atomic mass is 9.71. The molecule has 1 aliphatic rings. The molecular formula is C10H13O3-. The Labute approximate surface area is 77.4 Å². The van der Waals surface area contributed by atoms with Crippen LogP contribution in [0.5, 0.6) is 0 Å². The molecule has 0 spiro atoms. The Morgan fingerprint density at radius 3 is 2.69 bits per heavy atom. The Balaban J connectivity index is 2.83. The third kappa shape index (κ3) is 1.97. The second kappa shape index (κ2) is 3.32. The lowest BCUT2D eigenvalue weighted by molar-refractivity contribution is -0.314. The second-order valence-electron chi connectivity index (χ2n) is 3.85. The number of carboxylic acid groups (broad SMARTS) is 1. The third-order valence-corrected chi connectivity index (χ3v) is 2.90. The molecule has 0 heterocycles. The molecular weight excluding hydrogens is 168 g/mol. The molecule has 0 fully saturated rings. The van der Waals surface area contributed by atoms with E-state index in [9.17, 15) is 14.7 Å². The van der Waals surface area contributed by atoms with Crippen LogP contribution in [0.15, 0.2) is 12.2 Å². The first-order valence-electron chi connectivity index (χ1n) is 4.38. The summed E-state index contributed by atoms with van der Waals surface area (Å²) in [7, 11) is 0. The summed E-state index contributed by atoms with van der Waals surface area (Å²) in [6.45, 7) is 3.46. The Kier molecular flexibility index (Phi) is 2.55. The van der Waals surface area contributed by atoms with Crippen LogP contribution in [0.4, 0.5) is 0 Å². The van der Waals surface area contributed by atoms with E-state index in [1.54, 1.807) is 13.0 Å². The number of hydrogen-bond acceptors (Lipinski definition) is 3. The predicted octanol–water partition coefficient (Wildman–Crippen LogP) is 0.298. The Morgan fingerprint density at radius 2 is 2.31 bits per heavy atom. The number of hydrogen-bond donors (Lipinski definition) is 0. The summed E-state index contributed by atoms with van der Waals surface area (Å²) in [5.74, 6) is -1.53. The molecule has 2 atom stereocenters. The molecule has 0 amide bonds. The Bertz CT molecular complexity index is 267. The van der Waals surface area contributed by atoms with E-state index >= 15 is 0 Å². The number of allylic oxidation sites excluding steroid dienone is 2. The molecule has 0 saturated carbocycles. The van der Waals surface area contributed by atoms with Crippen molar-refractivity contribution in [3.05, 3.63) is 12.2 Å². The maximum Gasteiger partial charge on any atom is 0.155 e. The van der Waals surface area contributed by atoms with E-state index in [1.807, 2.05) is 6.92 Å². The maximum atomic E-state index is 10.9. The first-order chi connectivity index (χ1) is 5.96. The fourth-order valence-electron chi connectivity index (χ4n) is 1.47. The van der Waals surface area contributed by atoms with Crippen LogP contribution in [-0.2, 0) is 9.59 Å². The van der Waals surface area contributed by atoms with Crippen LogP contribution in [0.2, 0.25) is 0 Å². The van der Waals surface area contributed by atoms with Gasteiger partial charge in [0.15, 0.2) is 5.78 Å². The molecule has 0 aromatic rings. The third-order valence-electron chi connectivity index (χ3n) is 2.90. The van der Waals surface area contributed by atoms with Gasteiger partial charge in [-0.15, -0.1) is 0 Å². The summed E-state index contributed by atoms with van der Waals surface area (Å²) in [5, 5.41) is 10.7. The van der Waals surface area contributed by atoms with Crippen molar-refractivity contribution in [2.24, 2.45) is 11.3 Å². The van der Waals surface area contributed by atoms with Crippen molar-refractivity contribution < 1.29 is 14.7 Å². The molecule has 0 aliphatic heterocycles. The van der Waals surface area contributed by atoms with Crippen molar-refractivity contribution in [1.82, 2.24) is 0 Å². The number of ketones is 1. The molecule has 0 aromatic carbocycles. The molecule has 3 nitrogen and oxygen atoms in total. The highest BCUT2D eigenvalue weighted by atomic mass is 16.4. The van der Waals surface area contributed by atoms with Crippen LogP contribution in [0.1, 0.15) is 26.7 Å². The number of rotatable bonds is 2. The molecule has 0 N–H and O–H groups in total. The zero-order valence-electron chi connectivity index (χ0n) is 7.87. The fraction of sp³-hybridized carbons (Fsp3) is 0.600. The monoisotopic (exact) mass is 181 g/mol. The summed E-state index contributed by atoms with van der Waals surface area (Å²) < 4.78 is 0. The molecule has 1 rings (SSSR count). The van der Waals surface area contributed by atoms with Gasteiger partial charge in [-0.3, -0.25) is 4.79 Å². The number of carbonyl (C=O) groups excluding carboxylic acids is 2. The molecule has 2 unspecified atom stereocenters. The van der Waals surface area contributed by atoms with Gasteiger partial charge in [0.05, 0.1) is 0 Å². The minimum atomic E-state index is -1.05. The van der Waals surface area contributed by atoms with E-state index in [1.165, 1.54) is 6.08 Å². The van der Waals surface area contributed by atoms with Crippen molar-refractivity contribution in [3.8, 4) is 0 Å². The minimum Gasteiger partial charge on any atom is -0.550 e. The van der Waals surface area contributed by atoms with Gasteiger partial charge in [0.1, 0.15) is 0 Å². The highest BCUT2D eigenvalue weighted by molar-refractivity contribution is 5.90. The van der Waals surface area contributed by atoms with Gasteiger partial charge < -0.3 is 9.90 Å². The molecule has 0 saturated heterocycles. The van der Waals surface area contributed by atoms with Crippen molar-refractivity contribution in [1.29, 1.82) is 0 Å². The summed E-state index contributed by atoms with van der Waals surface area (Å²) in [6, 6.07) is 0. The molecule has 0 aromatic heterocycles. The average molecular weight is 181 g/mol. The first kappa shape index (κ1) is 9.96.